The van der Waals surface area contributed by atoms with Gasteiger partial charge in [-0.1, -0.05) is 0 Å². The number of ether oxygens (including phenoxy) is 5. The summed E-state index contributed by atoms with van der Waals surface area (Å²) in [4.78, 5) is 16.5. The molecule has 0 bridgehead atoms. The molecule has 0 unspecified atom stereocenters. The summed E-state index contributed by atoms with van der Waals surface area (Å²) in [5, 5.41) is 0. The number of hydrogen-bond acceptors (Lipinski definition) is 7. The summed E-state index contributed by atoms with van der Waals surface area (Å²) in [6, 6.07) is 10.5. The number of aliphatic imine (C=N–C) groups is 1. The van der Waals surface area contributed by atoms with Crippen molar-refractivity contribution in [3.8, 4) is 23.0 Å². The van der Waals surface area contributed by atoms with Crippen LogP contribution in [0.25, 0.3) is 6.08 Å². The van der Waals surface area contributed by atoms with Crippen LogP contribution in [0.1, 0.15) is 11.1 Å². The number of methoxy groups -OCH3 is 2. The van der Waals surface area contributed by atoms with Crippen molar-refractivity contribution in [3.63, 3.8) is 0 Å². The van der Waals surface area contributed by atoms with Gasteiger partial charge in [-0.2, -0.15) is 0 Å². The summed E-state index contributed by atoms with van der Waals surface area (Å²) >= 11 is 0. The molecule has 2 aromatic carbocycles. The van der Waals surface area contributed by atoms with Gasteiger partial charge in [0.15, 0.2) is 17.2 Å². The van der Waals surface area contributed by atoms with Gasteiger partial charge in [0.2, 0.25) is 12.7 Å². The van der Waals surface area contributed by atoms with Gasteiger partial charge in [-0.15, -0.1) is 0 Å². The lowest BCUT2D eigenvalue weighted by Gasteiger charge is -2.05. The van der Waals surface area contributed by atoms with Gasteiger partial charge in [-0.25, -0.2) is 9.79 Å². The molecule has 0 spiro atoms. The highest BCUT2D eigenvalue weighted by Crippen LogP contribution is 2.33. The lowest BCUT2D eigenvalue weighted by molar-refractivity contribution is -0.129. The van der Waals surface area contributed by atoms with Gasteiger partial charge in [0.25, 0.3) is 0 Å². The van der Waals surface area contributed by atoms with E-state index < -0.39 is 5.97 Å². The lowest BCUT2D eigenvalue weighted by atomic mass is 10.1. The van der Waals surface area contributed by atoms with E-state index in [4.69, 9.17) is 23.7 Å². The van der Waals surface area contributed by atoms with Gasteiger partial charge in [0.05, 0.1) is 14.2 Å². The maximum absolute atomic E-state index is 12.2. The molecule has 0 N–H and O–H groups in total. The first-order chi connectivity index (χ1) is 12.7. The van der Waals surface area contributed by atoms with E-state index in [9.17, 15) is 4.79 Å². The number of carbonyl (C=O) groups is 1. The first kappa shape index (κ1) is 16.0. The highest BCUT2D eigenvalue weighted by atomic mass is 16.7. The smallest absolute Gasteiger partial charge is 0.363 e. The van der Waals surface area contributed by atoms with E-state index in [0.29, 0.717) is 34.1 Å². The predicted molar refractivity (Wildman–Crippen MR) is 92.7 cm³/mol. The van der Waals surface area contributed by atoms with E-state index >= 15 is 0 Å². The Bertz CT molecular complexity index is 925. The normalized spacial score (nSPS) is 16.5. The molecule has 2 aliphatic heterocycles. The Morgan fingerprint density at radius 1 is 1.00 bits per heavy atom. The number of fused-ring (bicyclic) bond motifs is 1. The average molecular weight is 353 g/mol. The van der Waals surface area contributed by atoms with Crippen LogP contribution in [0, 0.1) is 0 Å². The molecule has 0 aliphatic carbocycles. The summed E-state index contributed by atoms with van der Waals surface area (Å²) in [5.74, 6) is 2.16. The zero-order valence-electron chi connectivity index (χ0n) is 14.1. The van der Waals surface area contributed by atoms with E-state index in [1.807, 2.05) is 0 Å². The number of carbonyl (C=O) groups excluding carboxylic acids is 1. The average Bonchev–Trinajstić information content (AvgIpc) is 3.27. The molecule has 2 heterocycles. The number of esters is 1. The summed E-state index contributed by atoms with van der Waals surface area (Å²) in [5.41, 5.74) is 1.53. The molecule has 132 valence electrons. The van der Waals surface area contributed by atoms with Gasteiger partial charge in [-0.3, -0.25) is 0 Å². The van der Waals surface area contributed by atoms with E-state index in [2.05, 4.69) is 4.99 Å². The van der Waals surface area contributed by atoms with Crippen molar-refractivity contribution in [2.24, 2.45) is 4.99 Å². The Labute approximate surface area is 149 Å². The molecule has 0 fully saturated rings. The lowest BCUT2D eigenvalue weighted by Crippen LogP contribution is -2.05. The molecule has 0 radical (unpaired) electrons. The highest BCUT2D eigenvalue weighted by Gasteiger charge is 2.26. The van der Waals surface area contributed by atoms with Gasteiger partial charge in [-0.05, 0) is 42.0 Å². The van der Waals surface area contributed by atoms with Crippen LogP contribution in [0.4, 0.5) is 0 Å². The van der Waals surface area contributed by atoms with Crippen molar-refractivity contribution in [2.75, 3.05) is 21.0 Å². The SMILES string of the molecule is COc1cc(C=C2N=C(c3ccc4c(c3)OCO4)OC2=O)cc(OC)c1. The Morgan fingerprint density at radius 3 is 2.46 bits per heavy atom. The summed E-state index contributed by atoms with van der Waals surface area (Å²) < 4.78 is 26.4. The number of cyclic esters (lactones) is 1. The molecule has 26 heavy (non-hydrogen) atoms. The number of benzene rings is 2. The third kappa shape index (κ3) is 2.95. The molecule has 2 aliphatic rings. The highest BCUT2D eigenvalue weighted by molar-refractivity contribution is 6.13. The van der Waals surface area contributed by atoms with Crippen molar-refractivity contribution >= 4 is 17.9 Å². The maximum Gasteiger partial charge on any atom is 0.363 e. The molecule has 0 saturated carbocycles. The van der Waals surface area contributed by atoms with Crippen LogP contribution < -0.4 is 18.9 Å². The minimum atomic E-state index is -0.528. The molecule has 0 aromatic heterocycles. The minimum absolute atomic E-state index is 0.174. The van der Waals surface area contributed by atoms with Crippen LogP contribution in [-0.2, 0) is 9.53 Å². The van der Waals surface area contributed by atoms with E-state index in [1.165, 1.54) is 0 Å². The monoisotopic (exact) mass is 353 g/mol. The van der Waals surface area contributed by atoms with E-state index in [-0.39, 0.29) is 18.4 Å². The van der Waals surface area contributed by atoms with Crippen LogP contribution in [0.3, 0.4) is 0 Å². The third-order valence-corrected chi connectivity index (χ3v) is 3.92. The number of nitrogens with zero attached hydrogens (tertiary/aromatic N) is 1. The molecule has 0 amide bonds. The first-order valence-electron chi connectivity index (χ1n) is 7.82. The molecular weight excluding hydrogens is 338 g/mol. The van der Waals surface area contributed by atoms with E-state index in [1.54, 1.807) is 56.7 Å². The maximum atomic E-state index is 12.2. The van der Waals surface area contributed by atoms with Gasteiger partial charge >= 0.3 is 5.97 Å². The van der Waals surface area contributed by atoms with Gasteiger partial charge in [0, 0.05) is 11.6 Å². The van der Waals surface area contributed by atoms with Crippen LogP contribution in [0.15, 0.2) is 47.1 Å². The largest absolute Gasteiger partial charge is 0.497 e. The zero-order chi connectivity index (χ0) is 18.1. The topological polar surface area (TPSA) is 75.6 Å². The quantitative estimate of drug-likeness (QED) is 0.621. The second-order valence-electron chi connectivity index (χ2n) is 5.55. The van der Waals surface area contributed by atoms with Crippen molar-refractivity contribution in [2.45, 2.75) is 0 Å². The Hall–Kier alpha value is -3.48. The van der Waals surface area contributed by atoms with Crippen molar-refractivity contribution in [1.29, 1.82) is 0 Å². The molecule has 7 heteroatoms. The van der Waals surface area contributed by atoms with Crippen molar-refractivity contribution < 1.29 is 28.5 Å². The molecule has 4 rings (SSSR count). The molecule has 2 aromatic rings. The van der Waals surface area contributed by atoms with Crippen LogP contribution in [0.2, 0.25) is 0 Å². The van der Waals surface area contributed by atoms with E-state index in [0.717, 1.165) is 0 Å². The second kappa shape index (κ2) is 6.44. The summed E-state index contributed by atoms with van der Waals surface area (Å²) in [6.45, 7) is 0.174. The fourth-order valence-electron chi connectivity index (χ4n) is 2.63. The fourth-order valence-corrected chi connectivity index (χ4v) is 2.63. The second-order valence-corrected chi connectivity index (χ2v) is 5.55. The van der Waals surface area contributed by atoms with Crippen LogP contribution in [-0.4, -0.2) is 32.9 Å². The summed E-state index contributed by atoms with van der Waals surface area (Å²) in [6.07, 6.45) is 1.62. The van der Waals surface area contributed by atoms with Crippen molar-refractivity contribution in [1.82, 2.24) is 0 Å². The van der Waals surface area contributed by atoms with Crippen LogP contribution in [0.5, 0.6) is 23.0 Å². The third-order valence-electron chi connectivity index (χ3n) is 3.92. The fraction of sp³-hybridized carbons (Fsp3) is 0.158. The van der Waals surface area contributed by atoms with Gasteiger partial charge < -0.3 is 23.7 Å². The first-order valence-corrected chi connectivity index (χ1v) is 7.82. The molecule has 7 nitrogen and oxygen atoms in total. The standard InChI is InChI=1S/C19H15NO6/c1-22-13-5-11(6-14(9-13)23-2)7-15-19(21)26-18(20-15)12-3-4-16-17(8-12)25-10-24-16/h3-9H,10H2,1-2H3. The molecule has 0 atom stereocenters. The minimum Gasteiger partial charge on any atom is -0.497 e. The van der Waals surface area contributed by atoms with Gasteiger partial charge in [0.1, 0.15) is 11.5 Å². The molecule has 0 saturated heterocycles. The predicted octanol–water partition coefficient (Wildman–Crippen LogP) is 2.78. The summed E-state index contributed by atoms with van der Waals surface area (Å²) in [7, 11) is 3.12. The Balaban J connectivity index is 1.67. The zero-order valence-corrected chi connectivity index (χ0v) is 14.1. The Morgan fingerprint density at radius 2 is 1.73 bits per heavy atom. The van der Waals surface area contributed by atoms with Crippen molar-refractivity contribution in [3.05, 3.63) is 53.2 Å². The van der Waals surface area contributed by atoms with Crippen LogP contribution >= 0.6 is 0 Å². The number of hydrogen-bond donors (Lipinski definition) is 0. The number of rotatable bonds is 4. The Kier molecular flexibility index (Phi) is 3.96. The molecular formula is C19H15NO6.